The highest BCUT2D eigenvalue weighted by molar-refractivity contribution is 7.92. The quantitative estimate of drug-likeness (QED) is 0.557. The number of nitrogens with zero attached hydrogens (tertiary/aromatic N) is 3. The zero-order chi connectivity index (χ0) is 23.4. The third-order valence-corrected chi connectivity index (χ3v) is 7.69. The molecule has 33 heavy (non-hydrogen) atoms. The van der Waals surface area contributed by atoms with Gasteiger partial charge in [-0.05, 0) is 57.1 Å². The maximum absolute atomic E-state index is 13.4. The number of hydrogen-bond acceptors (Lipinski definition) is 7. The molecule has 2 fully saturated rings. The number of pyridine rings is 1. The van der Waals surface area contributed by atoms with E-state index in [0.717, 1.165) is 44.5 Å². The number of aryl methyl sites for hydroxylation is 1. The van der Waals surface area contributed by atoms with Crippen LogP contribution in [0.25, 0.3) is 0 Å². The van der Waals surface area contributed by atoms with Crippen molar-refractivity contribution in [1.29, 1.82) is 0 Å². The molecule has 11 nitrogen and oxygen atoms in total. The molecule has 0 unspecified atom stereocenters. The van der Waals surface area contributed by atoms with E-state index in [4.69, 9.17) is 0 Å². The van der Waals surface area contributed by atoms with Gasteiger partial charge in [-0.15, -0.1) is 0 Å². The molecule has 1 spiro atoms. The summed E-state index contributed by atoms with van der Waals surface area (Å²) >= 11 is 0. The molecule has 0 aromatic carbocycles. The van der Waals surface area contributed by atoms with Crippen molar-refractivity contribution >= 4 is 33.3 Å². The SMILES string of the molecule is Cc1cc(NS(=O)(=O)c2cc(NC(=O)C3CC3)ncn2)c(=O)n2c1C(=O)NC21CCCCC1. The molecule has 174 valence electrons. The molecule has 12 heteroatoms. The van der Waals surface area contributed by atoms with Crippen LogP contribution in [0.3, 0.4) is 0 Å². The molecule has 1 aliphatic heterocycles. The Balaban J connectivity index is 1.49. The molecule has 3 heterocycles. The van der Waals surface area contributed by atoms with Gasteiger partial charge < -0.3 is 10.6 Å². The standard InChI is InChI=1S/C21H24N6O5S/c1-12-9-14(20(30)27-17(12)19(29)25-21(27)7-3-2-4-8-21)26-33(31,32)16-10-15(22-11-23-16)24-18(28)13-5-6-13/h9-11,13,26H,2-8H2,1H3,(H,25,29)(H,22,23,24,28). The van der Waals surface area contributed by atoms with E-state index in [9.17, 15) is 22.8 Å². The van der Waals surface area contributed by atoms with Crippen LogP contribution in [0.4, 0.5) is 11.5 Å². The first-order chi connectivity index (χ1) is 15.7. The molecule has 0 radical (unpaired) electrons. The van der Waals surface area contributed by atoms with Crippen molar-refractivity contribution in [2.45, 2.75) is 62.6 Å². The Labute approximate surface area is 190 Å². The van der Waals surface area contributed by atoms with Gasteiger partial charge in [0.25, 0.3) is 21.5 Å². The zero-order valence-electron chi connectivity index (χ0n) is 18.1. The summed E-state index contributed by atoms with van der Waals surface area (Å²) in [4.78, 5) is 45.7. The maximum atomic E-state index is 13.4. The number of hydrogen-bond donors (Lipinski definition) is 3. The number of aromatic nitrogens is 3. The van der Waals surface area contributed by atoms with E-state index < -0.39 is 21.2 Å². The summed E-state index contributed by atoms with van der Waals surface area (Å²) in [7, 11) is -4.26. The molecule has 2 aromatic rings. The average molecular weight is 473 g/mol. The molecule has 2 amide bonds. The van der Waals surface area contributed by atoms with Crippen molar-refractivity contribution < 1.29 is 18.0 Å². The number of sulfonamides is 1. The number of rotatable bonds is 5. The van der Waals surface area contributed by atoms with Gasteiger partial charge in [0.05, 0.1) is 0 Å². The first-order valence-electron chi connectivity index (χ1n) is 11.0. The summed E-state index contributed by atoms with van der Waals surface area (Å²) < 4.78 is 29.8. The first kappa shape index (κ1) is 21.6. The molecular weight excluding hydrogens is 448 g/mol. The predicted molar refractivity (Wildman–Crippen MR) is 118 cm³/mol. The van der Waals surface area contributed by atoms with Crippen molar-refractivity contribution in [3.63, 3.8) is 0 Å². The Morgan fingerprint density at radius 1 is 1.15 bits per heavy atom. The molecule has 0 saturated heterocycles. The van der Waals surface area contributed by atoms with E-state index >= 15 is 0 Å². The molecule has 0 atom stereocenters. The second-order valence-corrected chi connectivity index (χ2v) is 10.5. The molecule has 0 bridgehead atoms. The number of fused-ring (bicyclic) bond motifs is 2. The number of nitrogens with one attached hydrogen (secondary N) is 3. The lowest BCUT2D eigenvalue weighted by molar-refractivity contribution is -0.117. The number of amides is 2. The van der Waals surface area contributed by atoms with Crippen LogP contribution in [0.2, 0.25) is 0 Å². The smallest absolute Gasteiger partial charge is 0.279 e. The lowest BCUT2D eigenvalue weighted by atomic mass is 9.89. The van der Waals surface area contributed by atoms with E-state index in [-0.39, 0.29) is 40.0 Å². The van der Waals surface area contributed by atoms with E-state index in [1.54, 1.807) is 6.92 Å². The van der Waals surface area contributed by atoms with Gasteiger partial charge in [-0.2, -0.15) is 8.42 Å². The topological polar surface area (TPSA) is 152 Å². The summed E-state index contributed by atoms with van der Waals surface area (Å²) in [6, 6.07) is 2.51. The monoisotopic (exact) mass is 472 g/mol. The summed E-state index contributed by atoms with van der Waals surface area (Å²) in [5.41, 5.74) is -0.830. The number of anilines is 2. The molecule has 2 aromatic heterocycles. The van der Waals surface area contributed by atoms with Gasteiger partial charge in [-0.25, -0.2) is 9.97 Å². The van der Waals surface area contributed by atoms with Crippen LogP contribution in [-0.2, 0) is 20.5 Å². The van der Waals surface area contributed by atoms with E-state index in [2.05, 4.69) is 25.3 Å². The van der Waals surface area contributed by atoms with Gasteiger partial charge in [0.2, 0.25) is 5.91 Å². The van der Waals surface area contributed by atoms with Crippen molar-refractivity contribution in [1.82, 2.24) is 19.9 Å². The van der Waals surface area contributed by atoms with Crippen molar-refractivity contribution in [2.75, 3.05) is 10.0 Å². The average Bonchev–Trinajstić information content (AvgIpc) is 3.58. The van der Waals surface area contributed by atoms with Crippen LogP contribution < -0.4 is 20.9 Å². The Bertz CT molecular complexity index is 1330. The number of carbonyl (C=O) groups excluding carboxylic acids is 2. The minimum absolute atomic E-state index is 0.0695. The van der Waals surface area contributed by atoms with Gasteiger partial charge in [0, 0.05) is 12.0 Å². The largest absolute Gasteiger partial charge is 0.327 e. The lowest BCUT2D eigenvalue weighted by Crippen LogP contribution is -2.49. The summed E-state index contributed by atoms with van der Waals surface area (Å²) in [5.74, 6) is -0.545. The highest BCUT2D eigenvalue weighted by atomic mass is 32.2. The fraction of sp³-hybridized carbons (Fsp3) is 0.476. The fourth-order valence-corrected chi connectivity index (χ4v) is 5.64. The van der Waals surface area contributed by atoms with Crippen molar-refractivity contribution in [3.05, 3.63) is 40.1 Å². The third-order valence-electron chi connectivity index (χ3n) is 6.42. The Kier molecular flexibility index (Phi) is 5.00. The van der Waals surface area contributed by atoms with Crippen LogP contribution in [0.5, 0.6) is 0 Å². The van der Waals surface area contributed by atoms with Crippen LogP contribution in [0.1, 0.15) is 61.0 Å². The van der Waals surface area contributed by atoms with Gasteiger partial charge >= 0.3 is 0 Å². The maximum Gasteiger partial charge on any atom is 0.279 e. The first-order valence-corrected chi connectivity index (χ1v) is 12.4. The van der Waals surface area contributed by atoms with Gasteiger partial charge in [-0.3, -0.25) is 23.7 Å². The van der Waals surface area contributed by atoms with Crippen LogP contribution in [-0.4, -0.2) is 34.8 Å². The van der Waals surface area contributed by atoms with Crippen molar-refractivity contribution in [2.24, 2.45) is 5.92 Å². The molecule has 3 aliphatic rings. The Hall–Kier alpha value is -3.28. The minimum atomic E-state index is -4.26. The fourth-order valence-electron chi connectivity index (χ4n) is 4.64. The van der Waals surface area contributed by atoms with Crippen LogP contribution >= 0.6 is 0 Å². The van der Waals surface area contributed by atoms with E-state index in [0.29, 0.717) is 18.4 Å². The normalized spacial score (nSPS) is 19.1. The molecule has 3 N–H and O–H groups in total. The van der Waals surface area contributed by atoms with Gasteiger partial charge in [-0.1, -0.05) is 6.42 Å². The van der Waals surface area contributed by atoms with Gasteiger partial charge in [0.1, 0.15) is 29.2 Å². The summed E-state index contributed by atoms with van der Waals surface area (Å²) in [5, 5.41) is 5.17. The van der Waals surface area contributed by atoms with Gasteiger partial charge in [0.15, 0.2) is 5.03 Å². The van der Waals surface area contributed by atoms with Crippen LogP contribution in [0, 0.1) is 12.8 Å². The second kappa shape index (κ2) is 7.65. The molecule has 5 rings (SSSR count). The molecule has 2 saturated carbocycles. The Morgan fingerprint density at radius 2 is 1.88 bits per heavy atom. The van der Waals surface area contributed by atoms with Crippen LogP contribution in [0.15, 0.2) is 28.3 Å². The van der Waals surface area contributed by atoms with E-state index in [1.165, 1.54) is 10.6 Å². The summed E-state index contributed by atoms with van der Waals surface area (Å²) in [6.07, 6.45) is 6.58. The second-order valence-electron chi connectivity index (χ2n) is 8.89. The molecular formula is C21H24N6O5S. The Morgan fingerprint density at radius 3 is 2.58 bits per heavy atom. The minimum Gasteiger partial charge on any atom is -0.327 e. The number of carbonyl (C=O) groups is 2. The lowest BCUT2D eigenvalue weighted by Gasteiger charge is -2.35. The third kappa shape index (κ3) is 3.77. The predicted octanol–water partition coefficient (Wildman–Crippen LogP) is 1.46. The summed E-state index contributed by atoms with van der Waals surface area (Å²) in [6.45, 7) is 1.67. The molecule has 2 aliphatic carbocycles. The van der Waals surface area contributed by atoms with Crippen molar-refractivity contribution in [3.8, 4) is 0 Å². The highest BCUT2D eigenvalue weighted by Crippen LogP contribution is 2.37. The highest BCUT2D eigenvalue weighted by Gasteiger charge is 2.45. The van der Waals surface area contributed by atoms with E-state index in [1.807, 2.05) is 0 Å². The zero-order valence-corrected chi connectivity index (χ0v) is 18.9.